The molecule has 20 heavy (non-hydrogen) atoms. The Bertz CT molecular complexity index is 333. The van der Waals surface area contributed by atoms with Gasteiger partial charge >= 0.3 is 0 Å². The molecule has 0 aromatic rings. The molecule has 5 N–H and O–H groups in total. The molecule has 1 unspecified atom stereocenters. The van der Waals surface area contributed by atoms with Crippen LogP contribution in [-0.4, -0.2) is 24.9 Å². The fourth-order valence-corrected chi connectivity index (χ4v) is 2.01. The van der Waals surface area contributed by atoms with Gasteiger partial charge in [-0.25, -0.2) is 0 Å². The highest BCUT2D eigenvalue weighted by Gasteiger charge is 2.27. The summed E-state index contributed by atoms with van der Waals surface area (Å²) in [5.74, 6) is -0.0264. The number of primary amides is 1. The second-order valence-corrected chi connectivity index (χ2v) is 7.20. The Labute approximate surface area is 122 Å². The summed E-state index contributed by atoms with van der Waals surface area (Å²) in [6.45, 7) is 10.9. The fraction of sp³-hybridized carbons (Fsp3) is 0.867. The van der Waals surface area contributed by atoms with Crippen LogP contribution < -0.4 is 16.8 Å². The van der Waals surface area contributed by atoms with Crippen LogP contribution in [0.25, 0.3) is 0 Å². The van der Waals surface area contributed by atoms with Crippen molar-refractivity contribution in [1.29, 1.82) is 0 Å². The lowest BCUT2D eigenvalue weighted by atomic mass is 9.76. The Hall–Kier alpha value is -1.10. The van der Waals surface area contributed by atoms with Gasteiger partial charge in [-0.1, -0.05) is 20.8 Å². The largest absolute Gasteiger partial charge is 0.369 e. The highest BCUT2D eigenvalue weighted by Crippen LogP contribution is 2.32. The van der Waals surface area contributed by atoms with Gasteiger partial charge in [-0.3, -0.25) is 9.59 Å². The summed E-state index contributed by atoms with van der Waals surface area (Å²) < 4.78 is 0. The molecule has 5 heteroatoms. The molecular formula is C15H31N3O2. The van der Waals surface area contributed by atoms with Gasteiger partial charge in [0, 0.05) is 13.0 Å². The first-order valence-electron chi connectivity index (χ1n) is 7.27. The summed E-state index contributed by atoms with van der Waals surface area (Å²) in [7, 11) is 0. The highest BCUT2D eigenvalue weighted by atomic mass is 16.2. The molecule has 1 atom stereocenters. The molecule has 2 amide bonds. The van der Waals surface area contributed by atoms with E-state index in [2.05, 4.69) is 26.1 Å². The van der Waals surface area contributed by atoms with Gasteiger partial charge < -0.3 is 16.8 Å². The minimum atomic E-state index is -0.712. The van der Waals surface area contributed by atoms with Crippen molar-refractivity contribution in [2.45, 2.75) is 53.9 Å². The average molecular weight is 285 g/mol. The van der Waals surface area contributed by atoms with Gasteiger partial charge in [-0.2, -0.15) is 0 Å². The van der Waals surface area contributed by atoms with Gasteiger partial charge in [0.1, 0.15) is 0 Å². The minimum Gasteiger partial charge on any atom is -0.369 e. The summed E-state index contributed by atoms with van der Waals surface area (Å²) in [5.41, 5.74) is 10.3. The van der Waals surface area contributed by atoms with Crippen LogP contribution in [0, 0.1) is 16.7 Å². The monoisotopic (exact) mass is 285 g/mol. The summed E-state index contributed by atoms with van der Waals surface area (Å²) in [4.78, 5) is 23.0. The highest BCUT2D eigenvalue weighted by molar-refractivity contribution is 5.82. The van der Waals surface area contributed by atoms with Gasteiger partial charge in [0.25, 0.3) is 0 Å². The van der Waals surface area contributed by atoms with E-state index in [0.29, 0.717) is 18.9 Å². The van der Waals surface area contributed by atoms with Crippen molar-refractivity contribution in [2.24, 2.45) is 28.2 Å². The zero-order valence-electron chi connectivity index (χ0n) is 13.6. The van der Waals surface area contributed by atoms with Gasteiger partial charge in [0.15, 0.2) is 0 Å². The molecule has 118 valence electrons. The van der Waals surface area contributed by atoms with Crippen molar-refractivity contribution >= 4 is 11.8 Å². The fourth-order valence-electron chi connectivity index (χ4n) is 2.01. The predicted molar refractivity (Wildman–Crippen MR) is 81.8 cm³/mol. The average Bonchev–Trinajstić information content (AvgIpc) is 2.30. The number of hydrogen-bond donors (Lipinski definition) is 3. The number of amides is 2. The van der Waals surface area contributed by atoms with E-state index in [1.807, 2.05) is 0 Å². The maximum atomic E-state index is 11.9. The van der Waals surface area contributed by atoms with Gasteiger partial charge in [-0.05, 0) is 44.6 Å². The number of nitrogens with one attached hydrogen (secondary N) is 1. The van der Waals surface area contributed by atoms with Gasteiger partial charge in [-0.15, -0.1) is 0 Å². The van der Waals surface area contributed by atoms with Crippen LogP contribution in [0.15, 0.2) is 0 Å². The van der Waals surface area contributed by atoms with E-state index >= 15 is 0 Å². The molecule has 0 radical (unpaired) electrons. The van der Waals surface area contributed by atoms with E-state index in [9.17, 15) is 9.59 Å². The molecule has 5 nitrogen and oxygen atoms in total. The van der Waals surface area contributed by atoms with Crippen molar-refractivity contribution in [2.75, 3.05) is 13.1 Å². The summed E-state index contributed by atoms with van der Waals surface area (Å²) >= 11 is 0. The SMILES string of the molecule is CC(C)(CNC(=O)CCC(CCN)C(C)(C)C)C(N)=O. The number of carbonyl (C=O) groups is 2. The van der Waals surface area contributed by atoms with Crippen LogP contribution in [0.1, 0.15) is 53.9 Å². The van der Waals surface area contributed by atoms with E-state index in [-0.39, 0.29) is 17.9 Å². The van der Waals surface area contributed by atoms with Crippen LogP contribution in [0.3, 0.4) is 0 Å². The second-order valence-electron chi connectivity index (χ2n) is 7.20. The van der Waals surface area contributed by atoms with Crippen molar-refractivity contribution in [3.63, 3.8) is 0 Å². The lowest BCUT2D eigenvalue weighted by molar-refractivity contribution is -0.127. The summed E-state index contributed by atoms with van der Waals surface area (Å²) in [6, 6.07) is 0. The molecule has 0 bridgehead atoms. The van der Waals surface area contributed by atoms with Gasteiger partial charge in [0.2, 0.25) is 11.8 Å². The standard InChI is InChI=1S/C15H31N3O2/c1-14(2,3)11(8-9-16)6-7-12(19)18-10-15(4,5)13(17)20/h11H,6-10,16H2,1-5H3,(H2,17,20)(H,18,19). The van der Waals surface area contributed by atoms with Crippen LogP contribution in [0.2, 0.25) is 0 Å². The third kappa shape index (κ3) is 6.89. The smallest absolute Gasteiger partial charge is 0.224 e. The molecule has 0 aliphatic heterocycles. The normalized spacial score (nSPS) is 13.9. The molecule has 0 aromatic carbocycles. The summed E-state index contributed by atoms with van der Waals surface area (Å²) in [5, 5.41) is 2.78. The predicted octanol–water partition coefficient (Wildman–Crippen LogP) is 1.41. The van der Waals surface area contributed by atoms with E-state index in [4.69, 9.17) is 11.5 Å². The lowest BCUT2D eigenvalue weighted by Crippen LogP contribution is -2.42. The zero-order valence-corrected chi connectivity index (χ0v) is 13.6. The van der Waals surface area contributed by atoms with E-state index < -0.39 is 11.3 Å². The van der Waals surface area contributed by atoms with Crippen LogP contribution in [0.4, 0.5) is 0 Å². The Kier molecular flexibility index (Phi) is 7.20. The van der Waals surface area contributed by atoms with Crippen molar-refractivity contribution in [3.05, 3.63) is 0 Å². The molecule has 0 aromatic heterocycles. The third-order valence-electron chi connectivity index (χ3n) is 3.85. The van der Waals surface area contributed by atoms with Crippen molar-refractivity contribution in [1.82, 2.24) is 5.32 Å². The molecule has 0 saturated heterocycles. The van der Waals surface area contributed by atoms with Crippen LogP contribution in [-0.2, 0) is 9.59 Å². The topological polar surface area (TPSA) is 98.2 Å². The Morgan fingerprint density at radius 2 is 1.65 bits per heavy atom. The van der Waals surface area contributed by atoms with Crippen LogP contribution >= 0.6 is 0 Å². The van der Waals surface area contributed by atoms with E-state index in [1.165, 1.54) is 0 Å². The lowest BCUT2D eigenvalue weighted by Gasteiger charge is -2.30. The Morgan fingerprint density at radius 3 is 2.05 bits per heavy atom. The summed E-state index contributed by atoms with van der Waals surface area (Å²) in [6.07, 6.45) is 2.18. The third-order valence-corrected chi connectivity index (χ3v) is 3.85. The van der Waals surface area contributed by atoms with Crippen molar-refractivity contribution in [3.8, 4) is 0 Å². The van der Waals surface area contributed by atoms with E-state index in [1.54, 1.807) is 13.8 Å². The van der Waals surface area contributed by atoms with Gasteiger partial charge in [0.05, 0.1) is 5.41 Å². The molecule has 0 spiro atoms. The first kappa shape index (κ1) is 18.9. The second kappa shape index (κ2) is 7.62. The molecule has 0 heterocycles. The number of hydrogen-bond acceptors (Lipinski definition) is 3. The number of carbonyl (C=O) groups excluding carboxylic acids is 2. The quantitative estimate of drug-likeness (QED) is 0.628. The number of rotatable bonds is 8. The zero-order chi connectivity index (χ0) is 16.0. The van der Waals surface area contributed by atoms with E-state index in [0.717, 1.165) is 12.8 Å². The molecule has 0 fully saturated rings. The first-order valence-corrected chi connectivity index (χ1v) is 7.27. The minimum absolute atomic E-state index is 0.0365. The number of nitrogens with two attached hydrogens (primary N) is 2. The first-order chi connectivity index (χ1) is 9.00. The molecular weight excluding hydrogens is 254 g/mol. The maximum Gasteiger partial charge on any atom is 0.224 e. The molecule has 0 saturated carbocycles. The molecule has 0 aliphatic rings. The maximum absolute atomic E-state index is 11.9. The molecule has 0 aliphatic carbocycles. The van der Waals surface area contributed by atoms with Crippen LogP contribution in [0.5, 0.6) is 0 Å². The molecule has 0 rings (SSSR count). The Morgan fingerprint density at radius 1 is 1.10 bits per heavy atom. The van der Waals surface area contributed by atoms with Crippen molar-refractivity contribution < 1.29 is 9.59 Å². The Balaban J connectivity index is 4.25.